The van der Waals surface area contributed by atoms with Gasteiger partial charge in [0.15, 0.2) is 0 Å². The Balaban J connectivity index is 2.12. The summed E-state index contributed by atoms with van der Waals surface area (Å²) in [6.45, 7) is 7.83. The molecule has 154 valence electrons. The molecule has 0 aliphatic rings. The Hall–Kier alpha value is -2.78. The van der Waals surface area contributed by atoms with E-state index in [0.717, 1.165) is 23.5 Å². The van der Waals surface area contributed by atoms with Crippen molar-refractivity contribution in [3.8, 4) is 12.1 Å². The maximum Gasteiger partial charge on any atom is 0.127 e. The summed E-state index contributed by atoms with van der Waals surface area (Å²) in [6, 6.07) is 10.3. The van der Waals surface area contributed by atoms with Crippen LogP contribution < -0.4 is 15.8 Å². The van der Waals surface area contributed by atoms with Crippen LogP contribution in [0.25, 0.3) is 0 Å². The summed E-state index contributed by atoms with van der Waals surface area (Å²) >= 11 is 1.26. The second-order valence-corrected chi connectivity index (χ2v) is 8.21. The number of rotatable bonds is 9. The summed E-state index contributed by atoms with van der Waals surface area (Å²) < 4.78 is 0. The van der Waals surface area contributed by atoms with E-state index in [1.165, 1.54) is 11.3 Å². The van der Waals surface area contributed by atoms with Crippen LogP contribution in [0.1, 0.15) is 28.5 Å². The van der Waals surface area contributed by atoms with E-state index in [1.54, 1.807) is 6.92 Å². The first-order valence-corrected chi connectivity index (χ1v) is 10.3. The Kier molecular flexibility index (Phi) is 7.86. The molecular formula is C21H28N6OS. The lowest BCUT2D eigenvalue weighted by atomic mass is 10.1. The standard InChI is InChI=1S/C21H28N6OS/c1-6-27(13-17(28)12-26(4)5)16-7-8-19(14(2)9-16)24-25-21-18(10-22)15(3)20(11-23)29-21/h7-9,17,24-25,28H,6,12-13H2,1-5H3. The van der Waals surface area contributed by atoms with Gasteiger partial charge in [-0.15, -0.1) is 11.3 Å². The Morgan fingerprint density at radius 1 is 1.14 bits per heavy atom. The van der Waals surface area contributed by atoms with Crippen molar-refractivity contribution < 1.29 is 5.11 Å². The highest BCUT2D eigenvalue weighted by Crippen LogP contribution is 2.32. The van der Waals surface area contributed by atoms with Crippen molar-refractivity contribution in [3.63, 3.8) is 0 Å². The molecule has 0 fully saturated rings. The van der Waals surface area contributed by atoms with Gasteiger partial charge in [-0.2, -0.15) is 10.5 Å². The summed E-state index contributed by atoms with van der Waals surface area (Å²) in [5, 5.41) is 29.4. The summed E-state index contributed by atoms with van der Waals surface area (Å²) in [5.74, 6) is 0. The van der Waals surface area contributed by atoms with Crippen LogP contribution in [-0.4, -0.2) is 49.8 Å². The van der Waals surface area contributed by atoms with Crippen molar-refractivity contribution in [1.82, 2.24) is 4.90 Å². The molecule has 0 saturated carbocycles. The molecule has 1 unspecified atom stereocenters. The molecule has 0 bridgehead atoms. The molecule has 1 heterocycles. The van der Waals surface area contributed by atoms with E-state index in [-0.39, 0.29) is 0 Å². The van der Waals surface area contributed by atoms with Gasteiger partial charge in [-0.05, 0) is 64.2 Å². The van der Waals surface area contributed by atoms with E-state index in [1.807, 2.05) is 38.1 Å². The molecule has 0 amide bonds. The third kappa shape index (κ3) is 5.61. The number of aryl methyl sites for hydroxylation is 1. The molecular weight excluding hydrogens is 384 g/mol. The predicted octanol–water partition coefficient (Wildman–Crippen LogP) is 3.30. The molecule has 2 rings (SSSR count). The number of aliphatic hydroxyl groups is 1. The van der Waals surface area contributed by atoms with Gasteiger partial charge >= 0.3 is 0 Å². The van der Waals surface area contributed by atoms with Gasteiger partial charge in [0.2, 0.25) is 0 Å². The van der Waals surface area contributed by atoms with Crippen LogP contribution in [0.2, 0.25) is 0 Å². The second-order valence-electron chi connectivity index (χ2n) is 7.19. The van der Waals surface area contributed by atoms with Crippen LogP contribution in [0.4, 0.5) is 16.4 Å². The minimum Gasteiger partial charge on any atom is -0.390 e. The van der Waals surface area contributed by atoms with Gasteiger partial charge in [-0.3, -0.25) is 10.9 Å². The number of nitrogens with zero attached hydrogens (tertiary/aromatic N) is 4. The molecule has 1 aromatic carbocycles. The highest BCUT2D eigenvalue weighted by molar-refractivity contribution is 7.17. The summed E-state index contributed by atoms with van der Waals surface area (Å²) in [7, 11) is 3.90. The number of hydrogen-bond donors (Lipinski definition) is 3. The first-order chi connectivity index (χ1) is 13.8. The quantitative estimate of drug-likeness (QED) is 0.544. The smallest absolute Gasteiger partial charge is 0.127 e. The Morgan fingerprint density at radius 3 is 2.41 bits per heavy atom. The summed E-state index contributed by atoms with van der Waals surface area (Å²) in [4.78, 5) is 4.66. The topological polar surface area (TPSA) is 98.3 Å². The summed E-state index contributed by atoms with van der Waals surface area (Å²) in [6.07, 6.45) is -0.425. The number of benzene rings is 1. The van der Waals surface area contributed by atoms with Crippen LogP contribution in [0.5, 0.6) is 0 Å². The number of aliphatic hydroxyl groups excluding tert-OH is 1. The van der Waals surface area contributed by atoms with Gasteiger partial charge in [0.25, 0.3) is 0 Å². The monoisotopic (exact) mass is 412 g/mol. The fourth-order valence-electron chi connectivity index (χ4n) is 3.10. The molecule has 3 N–H and O–H groups in total. The first kappa shape index (κ1) is 22.5. The third-order valence-corrected chi connectivity index (χ3v) is 5.75. The zero-order chi connectivity index (χ0) is 21.6. The fraction of sp³-hybridized carbons (Fsp3) is 0.429. The predicted molar refractivity (Wildman–Crippen MR) is 119 cm³/mol. The Labute approximate surface area is 176 Å². The molecule has 2 aromatic rings. The third-order valence-electron chi connectivity index (χ3n) is 4.63. The lowest BCUT2D eigenvalue weighted by molar-refractivity contribution is 0.142. The van der Waals surface area contributed by atoms with Gasteiger partial charge in [-0.25, -0.2) is 0 Å². The summed E-state index contributed by atoms with van der Waals surface area (Å²) in [5.41, 5.74) is 10.4. The van der Waals surface area contributed by atoms with Gasteiger partial charge in [-0.1, -0.05) is 0 Å². The number of likely N-dealkylation sites (N-methyl/N-ethyl adjacent to an activating group) is 2. The molecule has 7 nitrogen and oxygen atoms in total. The molecule has 1 aromatic heterocycles. The van der Waals surface area contributed by atoms with E-state index in [9.17, 15) is 15.6 Å². The molecule has 29 heavy (non-hydrogen) atoms. The highest BCUT2D eigenvalue weighted by atomic mass is 32.1. The van der Waals surface area contributed by atoms with E-state index in [4.69, 9.17) is 0 Å². The minimum absolute atomic E-state index is 0.425. The van der Waals surface area contributed by atoms with Crippen LogP contribution in [0.15, 0.2) is 18.2 Å². The molecule has 1 atom stereocenters. The molecule has 0 saturated heterocycles. The van der Waals surface area contributed by atoms with E-state index in [0.29, 0.717) is 34.1 Å². The van der Waals surface area contributed by atoms with Crippen LogP contribution in [-0.2, 0) is 0 Å². The van der Waals surface area contributed by atoms with Crippen molar-refractivity contribution in [2.24, 2.45) is 0 Å². The number of nitrogens with one attached hydrogen (secondary N) is 2. The van der Waals surface area contributed by atoms with Crippen molar-refractivity contribution >= 4 is 27.7 Å². The van der Waals surface area contributed by atoms with Crippen molar-refractivity contribution in [3.05, 3.63) is 39.8 Å². The zero-order valence-corrected chi connectivity index (χ0v) is 18.4. The van der Waals surface area contributed by atoms with Gasteiger partial charge in [0.05, 0.1) is 17.4 Å². The van der Waals surface area contributed by atoms with Crippen LogP contribution in [0, 0.1) is 36.5 Å². The Morgan fingerprint density at radius 2 is 1.86 bits per heavy atom. The van der Waals surface area contributed by atoms with E-state index >= 15 is 0 Å². The average Bonchev–Trinajstić information content (AvgIpc) is 2.99. The maximum absolute atomic E-state index is 10.3. The fourth-order valence-corrected chi connectivity index (χ4v) is 4.01. The molecule has 0 aliphatic heterocycles. The maximum atomic E-state index is 10.3. The van der Waals surface area contributed by atoms with E-state index in [2.05, 4.69) is 40.9 Å². The van der Waals surface area contributed by atoms with Crippen LogP contribution >= 0.6 is 11.3 Å². The molecule has 0 spiro atoms. The highest BCUT2D eigenvalue weighted by Gasteiger charge is 2.15. The van der Waals surface area contributed by atoms with Crippen molar-refractivity contribution in [2.75, 3.05) is 49.5 Å². The Bertz CT molecular complexity index is 924. The van der Waals surface area contributed by atoms with Crippen LogP contribution in [0.3, 0.4) is 0 Å². The second kappa shape index (κ2) is 10.1. The zero-order valence-electron chi connectivity index (χ0n) is 17.6. The SMILES string of the molecule is CCN(CC(O)CN(C)C)c1ccc(NNc2sc(C#N)c(C)c2C#N)c(C)c1. The molecule has 8 heteroatoms. The van der Waals surface area contributed by atoms with Gasteiger partial charge < -0.3 is 14.9 Å². The van der Waals surface area contributed by atoms with Crippen molar-refractivity contribution in [2.45, 2.75) is 26.9 Å². The molecule has 0 radical (unpaired) electrons. The average molecular weight is 413 g/mol. The lowest BCUT2D eigenvalue weighted by Gasteiger charge is -2.28. The van der Waals surface area contributed by atoms with Gasteiger partial charge in [0.1, 0.15) is 22.0 Å². The number of nitriles is 2. The number of anilines is 3. The number of hydrogen-bond acceptors (Lipinski definition) is 8. The normalized spacial score (nSPS) is 11.6. The minimum atomic E-state index is -0.425. The van der Waals surface area contributed by atoms with E-state index < -0.39 is 6.10 Å². The lowest BCUT2D eigenvalue weighted by Crippen LogP contribution is -2.38. The number of thiophene rings is 1. The van der Waals surface area contributed by atoms with Crippen molar-refractivity contribution in [1.29, 1.82) is 10.5 Å². The molecule has 0 aliphatic carbocycles. The number of hydrazine groups is 1. The largest absolute Gasteiger partial charge is 0.390 e. The first-order valence-electron chi connectivity index (χ1n) is 9.44. The van der Waals surface area contributed by atoms with Gasteiger partial charge in [0, 0.05) is 25.3 Å².